The highest BCUT2D eigenvalue weighted by Gasteiger charge is 2.09. The molecule has 2 aromatic rings. The Bertz CT molecular complexity index is 482. The van der Waals surface area contributed by atoms with E-state index in [4.69, 9.17) is 16.3 Å². The second-order valence-electron chi connectivity index (χ2n) is 3.07. The minimum absolute atomic E-state index is 0.372. The molecule has 2 aromatic heterocycles. The van der Waals surface area contributed by atoms with Gasteiger partial charge in [0.1, 0.15) is 11.8 Å². The molecule has 0 aliphatic heterocycles. The lowest BCUT2D eigenvalue weighted by atomic mass is 10.4. The standard InChI is InChI=1S/C9H11ClN4O/c1-3-15-5-7-12-8(10)6-4-11-14(2)9(6)13-7/h4H,3,5H2,1-2H3. The van der Waals surface area contributed by atoms with E-state index >= 15 is 0 Å². The first-order valence-electron chi connectivity index (χ1n) is 4.64. The molecule has 6 heteroatoms. The predicted octanol–water partition coefficient (Wildman–Crippen LogP) is 1.55. The summed E-state index contributed by atoms with van der Waals surface area (Å²) in [6.07, 6.45) is 1.65. The van der Waals surface area contributed by atoms with Crippen molar-refractivity contribution < 1.29 is 4.74 Å². The second kappa shape index (κ2) is 4.12. The van der Waals surface area contributed by atoms with E-state index in [-0.39, 0.29) is 0 Å². The van der Waals surface area contributed by atoms with E-state index in [9.17, 15) is 0 Å². The number of hydrogen-bond donors (Lipinski definition) is 0. The molecule has 0 fully saturated rings. The molecule has 0 N–H and O–H groups in total. The molecule has 0 saturated heterocycles. The summed E-state index contributed by atoms with van der Waals surface area (Å²) in [5.41, 5.74) is 0.727. The number of aryl methyl sites for hydroxylation is 1. The summed E-state index contributed by atoms with van der Waals surface area (Å²) >= 11 is 5.99. The van der Waals surface area contributed by atoms with Gasteiger partial charge in [0, 0.05) is 13.7 Å². The van der Waals surface area contributed by atoms with Gasteiger partial charge in [-0.2, -0.15) is 5.10 Å². The fourth-order valence-electron chi connectivity index (χ4n) is 1.29. The van der Waals surface area contributed by atoms with Gasteiger partial charge < -0.3 is 4.74 Å². The number of hydrogen-bond acceptors (Lipinski definition) is 4. The molecule has 0 aliphatic rings. The number of fused-ring (bicyclic) bond motifs is 1. The maximum absolute atomic E-state index is 5.99. The van der Waals surface area contributed by atoms with Crippen molar-refractivity contribution >= 4 is 22.6 Å². The third kappa shape index (κ3) is 1.93. The number of rotatable bonds is 3. The van der Waals surface area contributed by atoms with Crippen LogP contribution in [0.15, 0.2) is 6.20 Å². The molecule has 2 rings (SSSR count). The smallest absolute Gasteiger partial charge is 0.162 e. The van der Waals surface area contributed by atoms with Gasteiger partial charge in [0.2, 0.25) is 0 Å². The van der Waals surface area contributed by atoms with Crippen LogP contribution in [-0.4, -0.2) is 26.4 Å². The fourth-order valence-corrected chi connectivity index (χ4v) is 1.52. The van der Waals surface area contributed by atoms with Gasteiger partial charge in [-0.05, 0) is 6.92 Å². The van der Waals surface area contributed by atoms with Crippen molar-refractivity contribution in [1.29, 1.82) is 0 Å². The van der Waals surface area contributed by atoms with Crippen LogP contribution in [0.3, 0.4) is 0 Å². The first-order chi connectivity index (χ1) is 7.22. The summed E-state index contributed by atoms with van der Waals surface area (Å²) in [6, 6.07) is 0. The number of aromatic nitrogens is 4. The van der Waals surface area contributed by atoms with E-state index in [1.807, 2.05) is 14.0 Å². The van der Waals surface area contributed by atoms with E-state index in [1.165, 1.54) is 0 Å². The van der Waals surface area contributed by atoms with Gasteiger partial charge in [-0.3, -0.25) is 4.68 Å². The van der Waals surface area contributed by atoms with Gasteiger partial charge >= 0.3 is 0 Å². The highest BCUT2D eigenvalue weighted by Crippen LogP contribution is 2.19. The SMILES string of the molecule is CCOCc1nc(Cl)c2cnn(C)c2n1. The highest BCUT2D eigenvalue weighted by molar-refractivity contribution is 6.33. The van der Waals surface area contributed by atoms with Crippen LogP contribution in [-0.2, 0) is 18.4 Å². The lowest BCUT2D eigenvalue weighted by molar-refractivity contribution is 0.128. The summed E-state index contributed by atoms with van der Waals surface area (Å²) < 4.78 is 6.89. The van der Waals surface area contributed by atoms with Gasteiger partial charge in [-0.25, -0.2) is 9.97 Å². The topological polar surface area (TPSA) is 52.8 Å². The summed E-state index contributed by atoms with van der Waals surface area (Å²) in [5.74, 6) is 0.581. The molecule has 0 spiro atoms. The normalized spacial score (nSPS) is 11.1. The van der Waals surface area contributed by atoms with Crippen LogP contribution in [0.4, 0.5) is 0 Å². The van der Waals surface area contributed by atoms with Crippen LogP contribution in [0.2, 0.25) is 5.15 Å². The molecule has 2 heterocycles. The van der Waals surface area contributed by atoms with E-state index in [0.717, 1.165) is 11.0 Å². The minimum Gasteiger partial charge on any atom is -0.374 e. The molecular weight excluding hydrogens is 216 g/mol. The van der Waals surface area contributed by atoms with Crippen molar-refractivity contribution in [1.82, 2.24) is 19.7 Å². The first-order valence-corrected chi connectivity index (χ1v) is 5.02. The maximum atomic E-state index is 5.99. The van der Waals surface area contributed by atoms with Crippen LogP contribution in [0, 0.1) is 0 Å². The molecular formula is C9H11ClN4O. The zero-order valence-electron chi connectivity index (χ0n) is 8.57. The molecule has 0 aliphatic carbocycles. The van der Waals surface area contributed by atoms with Gasteiger partial charge in [-0.1, -0.05) is 11.6 Å². The Kier molecular flexibility index (Phi) is 2.83. The molecule has 80 valence electrons. The Labute approximate surface area is 92.0 Å². The lowest BCUT2D eigenvalue weighted by Gasteiger charge is -2.02. The minimum atomic E-state index is 0.372. The molecule has 5 nitrogen and oxygen atoms in total. The van der Waals surface area contributed by atoms with Gasteiger partial charge in [0.25, 0.3) is 0 Å². The van der Waals surface area contributed by atoms with Crippen LogP contribution < -0.4 is 0 Å². The molecule has 0 amide bonds. The molecule has 0 radical (unpaired) electrons. The molecule has 0 saturated carbocycles. The second-order valence-corrected chi connectivity index (χ2v) is 3.43. The Balaban J connectivity index is 2.45. The molecule has 0 atom stereocenters. The fraction of sp³-hybridized carbons (Fsp3) is 0.444. The van der Waals surface area contributed by atoms with Crippen molar-refractivity contribution in [3.05, 3.63) is 17.2 Å². The quantitative estimate of drug-likeness (QED) is 0.746. The summed E-state index contributed by atoms with van der Waals surface area (Å²) in [5, 5.41) is 5.25. The van der Waals surface area contributed by atoms with E-state index < -0.39 is 0 Å². The largest absolute Gasteiger partial charge is 0.374 e. The van der Waals surface area contributed by atoms with E-state index in [0.29, 0.717) is 24.2 Å². The van der Waals surface area contributed by atoms with Crippen molar-refractivity contribution in [3.8, 4) is 0 Å². The molecule has 0 unspecified atom stereocenters. The van der Waals surface area contributed by atoms with Crippen LogP contribution >= 0.6 is 11.6 Å². The first kappa shape index (κ1) is 10.3. The van der Waals surface area contributed by atoms with Gasteiger partial charge in [0.05, 0.1) is 11.6 Å². The Morgan fingerprint density at radius 3 is 3.00 bits per heavy atom. The number of ether oxygens (including phenoxy) is 1. The Morgan fingerprint density at radius 1 is 1.47 bits per heavy atom. The monoisotopic (exact) mass is 226 g/mol. The van der Waals surface area contributed by atoms with Crippen molar-refractivity contribution in [2.75, 3.05) is 6.61 Å². The van der Waals surface area contributed by atoms with Gasteiger partial charge in [-0.15, -0.1) is 0 Å². The highest BCUT2D eigenvalue weighted by atomic mass is 35.5. The molecule has 15 heavy (non-hydrogen) atoms. The Hall–Kier alpha value is -1.20. The van der Waals surface area contributed by atoms with Crippen molar-refractivity contribution in [3.63, 3.8) is 0 Å². The molecule has 0 bridgehead atoms. The van der Waals surface area contributed by atoms with Crippen molar-refractivity contribution in [2.45, 2.75) is 13.5 Å². The van der Waals surface area contributed by atoms with Gasteiger partial charge in [0.15, 0.2) is 11.5 Å². The zero-order chi connectivity index (χ0) is 10.8. The van der Waals surface area contributed by atoms with Crippen LogP contribution in [0.1, 0.15) is 12.7 Å². The third-order valence-corrected chi connectivity index (χ3v) is 2.32. The summed E-state index contributed by atoms with van der Waals surface area (Å²) in [4.78, 5) is 8.44. The van der Waals surface area contributed by atoms with E-state index in [1.54, 1.807) is 10.9 Å². The summed E-state index contributed by atoms with van der Waals surface area (Å²) in [6.45, 7) is 2.92. The van der Waals surface area contributed by atoms with Crippen LogP contribution in [0.5, 0.6) is 0 Å². The van der Waals surface area contributed by atoms with Crippen molar-refractivity contribution in [2.24, 2.45) is 7.05 Å². The lowest BCUT2D eigenvalue weighted by Crippen LogP contribution is -2.01. The number of nitrogens with zero attached hydrogens (tertiary/aromatic N) is 4. The Morgan fingerprint density at radius 2 is 2.27 bits per heavy atom. The zero-order valence-corrected chi connectivity index (χ0v) is 9.32. The average Bonchev–Trinajstić information content (AvgIpc) is 2.58. The number of halogens is 1. The van der Waals surface area contributed by atoms with E-state index in [2.05, 4.69) is 15.1 Å². The predicted molar refractivity (Wildman–Crippen MR) is 56.6 cm³/mol. The average molecular weight is 227 g/mol. The molecule has 0 aromatic carbocycles. The summed E-state index contributed by atoms with van der Waals surface area (Å²) in [7, 11) is 1.82. The third-order valence-electron chi connectivity index (χ3n) is 2.03. The van der Waals surface area contributed by atoms with Crippen LogP contribution in [0.25, 0.3) is 11.0 Å². The maximum Gasteiger partial charge on any atom is 0.162 e.